The van der Waals surface area contributed by atoms with Gasteiger partial charge in [-0.2, -0.15) is 0 Å². The number of thiophene rings is 1. The van der Waals surface area contributed by atoms with E-state index in [1.807, 2.05) is 17.5 Å². The maximum atomic E-state index is 12.5. The van der Waals surface area contributed by atoms with Crippen molar-refractivity contribution in [3.05, 3.63) is 45.1 Å². The molecule has 0 radical (unpaired) electrons. The highest BCUT2D eigenvalue weighted by Crippen LogP contribution is 2.38. The van der Waals surface area contributed by atoms with E-state index >= 15 is 0 Å². The lowest BCUT2D eigenvalue weighted by molar-refractivity contribution is -0.119. The molecule has 0 aliphatic carbocycles. The van der Waals surface area contributed by atoms with Gasteiger partial charge in [0.05, 0.1) is 41.8 Å². The topological polar surface area (TPSA) is 89.6 Å². The van der Waals surface area contributed by atoms with Gasteiger partial charge in [0.1, 0.15) is 0 Å². The molecule has 2 aromatic heterocycles. The molecule has 1 aliphatic heterocycles. The van der Waals surface area contributed by atoms with Gasteiger partial charge >= 0.3 is 0 Å². The molecule has 4 rings (SSSR count). The quantitative estimate of drug-likeness (QED) is 0.545. The zero-order valence-corrected chi connectivity index (χ0v) is 19.1. The predicted octanol–water partition coefficient (Wildman–Crippen LogP) is 4.50. The Labute approximate surface area is 192 Å². The second-order valence-electron chi connectivity index (χ2n) is 6.89. The number of benzene rings is 1. The van der Waals surface area contributed by atoms with Gasteiger partial charge in [-0.05, 0) is 29.8 Å². The molecular formula is C21H20ClN3O4S2. The second kappa shape index (κ2) is 9.67. The summed E-state index contributed by atoms with van der Waals surface area (Å²) >= 11 is 9.23. The van der Waals surface area contributed by atoms with Crippen LogP contribution >= 0.6 is 34.3 Å². The largest absolute Gasteiger partial charge is 0.489 e. The molecule has 0 unspecified atom stereocenters. The first-order chi connectivity index (χ1) is 15.0. The number of amides is 2. The van der Waals surface area contributed by atoms with Gasteiger partial charge in [0.25, 0.3) is 0 Å². The number of thiazole rings is 1. The molecule has 3 heterocycles. The Morgan fingerprint density at radius 3 is 2.90 bits per heavy atom. The van der Waals surface area contributed by atoms with E-state index in [9.17, 15) is 9.59 Å². The summed E-state index contributed by atoms with van der Waals surface area (Å²) in [7, 11) is 0. The summed E-state index contributed by atoms with van der Waals surface area (Å²) in [6, 6.07) is 7.44. The van der Waals surface area contributed by atoms with E-state index in [1.165, 1.54) is 18.3 Å². The van der Waals surface area contributed by atoms with E-state index in [0.717, 1.165) is 27.4 Å². The van der Waals surface area contributed by atoms with Crippen LogP contribution in [0, 0.1) is 0 Å². The Balaban J connectivity index is 1.39. The minimum Gasteiger partial charge on any atom is -0.489 e. The number of hydrogen-bond acceptors (Lipinski definition) is 7. The van der Waals surface area contributed by atoms with E-state index in [4.69, 9.17) is 21.1 Å². The molecule has 0 saturated carbocycles. The third-order valence-electron chi connectivity index (χ3n) is 4.40. The Bertz CT molecular complexity index is 1110. The SMILES string of the molecule is CC(=O)NCc1ccc(-c2csc(NC(=O)Cc3cc(Cl)c4c(c3)OCCCO4)n2)s1. The van der Waals surface area contributed by atoms with Crippen molar-refractivity contribution in [2.24, 2.45) is 0 Å². The summed E-state index contributed by atoms with van der Waals surface area (Å²) in [6.45, 7) is 3.09. The molecule has 0 spiro atoms. The average Bonchev–Trinajstić information content (AvgIpc) is 3.30. The molecule has 0 bridgehead atoms. The highest BCUT2D eigenvalue weighted by atomic mass is 35.5. The Kier molecular flexibility index (Phi) is 6.74. The number of fused-ring (bicyclic) bond motifs is 1. The molecule has 31 heavy (non-hydrogen) atoms. The lowest BCUT2D eigenvalue weighted by Crippen LogP contribution is -2.17. The van der Waals surface area contributed by atoms with E-state index in [-0.39, 0.29) is 18.2 Å². The standard InChI is InChI=1S/C21H20ClN3O4S2/c1-12(26)23-10-14-3-4-18(31-14)16-11-30-21(24-16)25-19(27)9-13-7-15(22)20-17(8-13)28-5-2-6-29-20/h3-4,7-8,11H,2,5-6,9-10H2,1H3,(H,23,26)(H,24,25,27). The molecule has 2 N–H and O–H groups in total. The molecule has 0 saturated heterocycles. The number of ether oxygens (including phenoxy) is 2. The van der Waals surface area contributed by atoms with E-state index in [0.29, 0.717) is 41.4 Å². The van der Waals surface area contributed by atoms with Gasteiger partial charge in [-0.25, -0.2) is 4.98 Å². The number of rotatable bonds is 6. The molecule has 162 valence electrons. The zero-order chi connectivity index (χ0) is 21.8. The predicted molar refractivity (Wildman–Crippen MR) is 122 cm³/mol. The highest BCUT2D eigenvalue weighted by molar-refractivity contribution is 7.17. The van der Waals surface area contributed by atoms with Crippen LogP contribution in [-0.4, -0.2) is 30.0 Å². The van der Waals surface area contributed by atoms with E-state index in [1.54, 1.807) is 23.5 Å². The highest BCUT2D eigenvalue weighted by Gasteiger charge is 2.17. The van der Waals surface area contributed by atoms with Crippen molar-refractivity contribution in [3.8, 4) is 22.1 Å². The number of nitrogens with zero attached hydrogens (tertiary/aromatic N) is 1. The summed E-state index contributed by atoms with van der Waals surface area (Å²) in [5.41, 5.74) is 1.53. The van der Waals surface area contributed by atoms with Crippen molar-refractivity contribution in [1.29, 1.82) is 0 Å². The van der Waals surface area contributed by atoms with Crippen LogP contribution in [0.3, 0.4) is 0 Å². The summed E-state index contributed by atoms with van der Waals surface area (Å²) < 4.78 is 11.3. The Hall–Kier alpha value is -2.62. The van der Waals surface area contributed by atoms with Crippen molar-refractivity contribution in [3.63, 3.8) is 0 Å². The third-order valence-corrected chi connectivity index (χ3v) is 6.55. The number of anilines is 1. The van der Waals surface area contributed by atoms with Crippen LogP contribution in [0.1, 0.15) is 23.8 Å². The molecular weight excluding hydrogens is 458 g/mol. The number of carbonyl (C=O) groups is 2. The van der Waals surface area contributed by atoms with Crippen molar-refractivity contribution in [2.75, 3.05) is 18.5 Å². The first-order valence-electron chi connectivity index (χ1n) is 9.65. The van der Waals surface area contributed by atoms with Crippen LogP contribution in [0.25, 0.3) is 10.6 Å². The van der Waals surface area contributed by atoms with Gasteiger partial charge in [0, 0.05) is 23.6 Å². The first-order valence-corrected chi connectivity index (χ1v) is 11.7. The first kappa shape index (κ1) is 21.6. The zero-order valence-electron chi connectivity index (χ0n) is 16.7. The maximum absolute atomic E-state index is 12.5. The van der Waals surface area contributed by atoms with E-state index in [2.05, 4.69) is 15.6 Å². The molecule has 3 aromatic rings. The number of carbonyl (C=O) groups excluding carboxylic acids is 2. The van der Waals surface area contributed by atoms with E-state index < -0.39 is 0 Å². The third kappa shape index (κ3) is 5.55. The molecule has 10 heteroatoms. The van der Waals surface area contributed by atoms with Gasteiger partial charge in [-0.1, -0.05) is 11.6 Å². The van der Waals surface area contributed by atoms with Gasteiger partial charge in [-0.15, -0.1) is 22.7 Å². The Morgan fingerprint density at radius 2 is 2.06 bits per heavy atom. The molecule has 1 aliphatic rings. The van der Waals surface area contributed by atoms with Crippen molar-refractivity contribution in [2.45, 2.75) is 26.3 Å². The van der Waals surface area contributed by atoms with Crippen LogP contribution in [0.2, 0.25) is 5.02 Å². The fraction of sp³-hybridized carbons (Fsp3) is 0.286. The van der Waals surface area contributed by atoms with Crippen LogP contribution in [0.4, 0.5) is 5.13 Å². The second-order valence-corrected chi connectivity index (χ2v) is 9.33. The molecule has 1 aromatic carbocycles. The average molecular weight is 478 g/mol. The fourth-order valence-corrected chi connectivity index (χ4v) is 5.00. The molecule has 2 amide bonds. The number of hydrogen-bond donors (Lipinski definition) is 2. The van der Waals surface area contributed by atoms with Crippen LogP contribution in [0.5, 0.6) is 11.5 Å². The van der Waals surface area contributed by atoms with Crippen LogP contribution < -0.4 is 20.1 Å². The van der Waals surface area contributed by atoms with Crippen molar-refractivity contribution in [1.82, 2.24) is 10.3 Å². The van der Waals surface area contributed by atoms with Gasteiger partial charge in [-0.3, -0.25) is 9.59 Å². The fourth-order valence-electron chi connectivity index (χ4n) is 3.00. The van der Waals surface area contributed by atoms with Gasteiger partial charge < -0.3 is 20.1 Å². The lowest BCUT2D eigenvalue weighted by Gasteiger charge is -2.11. The summed E-state index contributed by atoms with van der Waals surface area (Å²) in [4.78, 5) is 30.1. The monoisotopic (exact) mass is 477 g/mol. The van der Waals surface area contributed by atoms with Gasteiger partial charge in [0.2, 0.25) is 11.8 Å². The van der Waals surface area contributed by atoms with Crippen LogP contribution in [0.15, 0.2) is 29.6 Å². The van der Waals surface area contributed by atoms with Crippen LogP contribution in [-0.2, 0) is 22.6 Å². The smallest absolute Gasteiger partial charge is 0.230 e. The summed E-state index contributed by atoms with van der Waals surface area (Å²) in [5.74, 6) is 0.839. The Morgan fingerprint density at radius 1 is 1.23 bits per heavy atom. The van der Waals surface area contributed by atoms with Crippen molar-refractivity contribution < 1.29 is 19.1 Å². The number of halogens is 1. The normalized spacial score (nSPS) is 12.8. The minimum atomic E-state index is -0.191. The molecule has 0 atom stereocenters. The van der Waals surface area contributed by atoms with Crippen molar-refractivity contribution >= 4 is 51.2 Å². The molecule has 0 fully saturated rings. The number of aromatic nitrogens is 1. The summed E-state index contributed by atoms with van der Waals surface area (Å²) in [5, 5.41) is 8.48. The summed E-state index contributed by atoms with van der Waals surface area (Å²) in [6.07, 6.45) is 0.928. The number of nitrogens with one attached hydrogen (secondary N) is 2. The maximum Gasteiger partial charge on any atom is 0.230 e. The minimum absolute atomic E-state index is 0.0662. The van der Waals surface area contributed by atoms with Gasteiger partial charge in [0.15, 0.2) is 16.6 Å². The lowest BCUT2D eigenvalue weighted by atomic mass is 10.1. The molecule has 7 nitrogen and oxygen atoms in total.